The summed E-state index contributed by atoms with van der Waals surface area (Å²) in [6, 6.07) is 16.7. The third-order valence-electron chi connectivity index (χ3n) is 5.62. The van der Waals surface area contributed by atoms with Crippen molar-refractivity contribution in [2.75, 3.05) is 6.54 Å². The quantitative estimate of drug-likeness (QED) is 0.683. The first-order valence-electron chi connectivity index (χ1n) is 10.1. The van der Waals surface area contributed by atoms with Crippen molar-refractivity contribution in [1.29, 1.82) is 0 Å². The molecule has 2 aliphatic rings. The number of urea groups is 1. The van der Waals surface area contributed by atoms with Gasteiger partial charge in [0.1, 0.15) is 0 Å². The van der Waals surface area contributed by atoms with Crippen molar-refractivity contribution in [2.24, 2.45) is 5.41 Å². The van der Waals surface area contributed by atoms with Crippen LogP contribution in [-0.4, -0.2) is 23.3 Å². The second-order valence-electron chi connectivity index (χ2n) is 8.68. The monoisotopic (exact) mass is 420 g/mol. The molecule has 1 atom stereocenters. The molecule has 1 aliphatic heterocycles. The Bertz CT molecular complexity index is 1020. The molecule has 0 saturated heterocycles. The van der Waals surface area contributed by atoms with Crippen molar-refractivity contribution in [1.82, 2.24) is 10.2 Å². The molecule has 0 radical (unpaired) electrons. The summed E-state index contributed by atoms with van der Waals surface area (Å²) in [5, 5.41) is 3.62. The molecule has 0 saturated carbocycles. The van der Waals surface area contributed by atoms with Gasteiger partial charge in [0, 0.05) is 29.3 Å². The van der Waals surface area contributed by atoms with Gasteiger partial charge in [-0.3, -0.25) is 4.79 Å². The van der Waals surface area contributed by atoms with Crippen molar-refractivity contribution >= 4 is 29.5 Å². The van der Waals surface area contributed by atoms with Gasteiger partial charge in [0.25, 0.3) is 0 Å². The molecule has 154 valence electrons. The molecule has 2 aromatic rings. The lowest BCUT2D eigenvalue weighted by Gasteiger charge is -2.43. The lowest BCUT2D eigenvalue weighted by atomic mass is 9.72. The van der Waals surface area contributed by atoms with Crippen LogP contribution >= 0.6 is 11.6 Å². The largest absolute Gasteiger partial charge is 0.322 e. The Balaban J connectivity index is 1.72. The van der Waals surface area contributed by atoms with Gasteiger partial charge in [-0.05, 0) is 35.1 Å². The Hall–Kier alpha value is -2.85. The smallest absolute Gasteiger partial charge is 0.311 e. The lowest BCUT2D eigenvalue weighted by molar-refractivity contribution is -0.119. The highest BCUT2D eigenvalue weighted by Crippen LogP contribution is 2.44. The summed E-state index contributed by atoms with van der Waals surface area (Å²) in [5.41, 5.74) is 3.24. The summed E-state index contributed by atoms with van der Waals surface area (Å²) in [4.78, 5) is 28.0. The first-order chi connectivity index (χ1) is 14.3. The number of nitrogens with zero attached hydrogens (tertiary/aromatic N) is 1. The molecule has 2 amide bonds. The third-order valence-corrected chi connectivity index (χ3v) is 5.87. The van der Waals surface area contributed by atoms with Crippen LogP contribution in [0.2, 0.25) is 5.02 Å². The van der Waals surface area contributed by atoms with Gasteiger partial charge < -0.3 is 10.2 Å². The maximum atomic E-state index is 13.2. The van der Waals surface area contributed by atoms with Crippen LogP contribution in [0.1, 0.15) is 43.9 Å². The number of carbonyl (C=O) groups excluding carboxylic acids is 2. The fraction of sp³-hybridized carbons (Fsp3) is 0.280. The van der Waals surface area contributed by atoms with E-state index >= 15 is 0 Å². The molecular weight excluding hydrogens is 396 g/mol. The first-order valence-corrected chi connectivity index (χ1v) is 10.5. The number of benzene rings is 2. The normalized spacial score (nSPS) is 21.0. The van der Waals surface area contributed by atoms with Gasteiger partial charge in [-0.15, -0.1) is 0 Å². The Morgan fingerprint density at radius 3 is 2.47 bits per heavy atom. The van der Waals surface area contributed by atoms with Crippen LogP contribution < -0.4 is 5.32 Å². The molecule has 1 unspecified atom stereocenters. The summed E-state index contributed by atoms with van der Waals surface area (Å²) in [5.74, 6) is 0.0956. The Morgan fingerprint density at radius 1 is 1.07 bits per heavy atom. The Labute approximate surface area is 182 Å². The Morgan fingerprint density at radius 2 is 1.77 bits per heavy atom. The predicted octanol–water partition coefficient (Wildman–Crippen LogP) is 5.76. The maximum Gasteiger partial charge on any atom is 0.322 e. The van der Waals surface area contributed by atoms with E-state index in [1.165, 1.54) is 0 Å². The zero-order chi connectivity index (χ0) is 21.3. The highest BCUT2D eigenvalue weighted by atomic mass is 35.5. The van der Waals surface area contributed by atoms with Crippen molar-refractivity contribution in [3.05, 3.63) is 88.1 Å². The summed E-state index contributed by atoms with van der Waals surface area (Å²) in [7, 11) is 0. The fourth-order valence-electron chi connectivity index (χ4n) is 4.28. The van der Waals surface area contributed by atoms with E-state index in [1.807, 2.05) is 54.6 Å². The fourth-order valence-corrected chi connectivity index (χ4v) is 4.41. The number of rotatable bonds is 4. The molecule has 2 aromatic carbocycles. The van der Waals surface area contributed by atoms with E-state index in [2.05, 4.69) is 19.2 Å². The molecule has 0 spiro atoms. The van der Waals surface area contributed by atoms with E-state index in [-0.39, 0.29) is 17.2 Å². The van der Waals surface area contributed by atoms with Crippen LogP contribution in [0.5, 0.6) is 0 Å². The van der Waals surface area contributed by atoms with Crippen LogP contribution in [0, 0.1) is 5.41 Å². The van der Waals surface area contributed by atoms with E-state index in [0.717, 1.165) is 16.8 Å². The molecule has 30 heavy (non-hydrogen) atoms. The number of carbonyl (C=O) groups is 2. The van der Waals surface area contributed by atoms with Crippen LogP contribution in [0.15, 0.2) is 71.9 Å². The molecule has 5 heteroatoms. The van der Waals surface area contributed by atoms with Gasteiger partial charge in [0.05, 0.1) is 6.04 Å². The van der Waals surface area contributed by atoms with E-state index in [1.54, 1.807) is 17.0 Å². The number of hydrogen-bond acceptors (Lipinski definition) is 2. The second-order valence-corrected chi connectivity index (χ2v) is 9.12. The summed E-state index contributed by atoms with van der Waals surface area (Å²) < 4.78 is 0. The number of nitrogens with one attached hydrogen (secondary N) is 1. The summed E-state index contributed by atoms with van der Waals surface area (Å²) >= 11 is 6.09. The molecule has 0 bridgehead atoms. The van der Waals surface area contributed by atoms with Gasteiger partial charge >= 0.3 is 6.03 Å². The number of allylic oxidation sites excluding steroid dienone is 1. The highest BCUT2D eigenvalue weighted by Gasteiger charge is 2.43. The van der Waals surface area contributed by atoms with Crippen molar-refractivity contribution in [3.63, 3.8) is 0 Å². The minimum atomic E-state index is -0.421. The summed E-state index contributed by atoms with van der Waals surface area (Å²) in [6.45, 7) is 4.52. The molecule has 0 aromatic heterocycles. The second kappa shape index (κ2) is 8.11. The van der Waals surface area contributed by atoms with E-state index in [9.17, 15) is 9.59 Å². The van der Waals surface area contributed by atoms with E-state index < -0.39 is 6.04 Å². The summed E-state index contributed by atoms with van der Waals surface area (Å²) in [6.07, 6.45) is 5.10. The lowest BCUT2D eigenvalue weighted by Crippen LogP contribution is -2.51. The van der Waals surface area contributed by atoms with Gasteiger partial charge in [-0.2, -0.15) is 0 Å². The number of amides is 2. The van der Waals surface area contributed by atoms with Crippen LogP contribution in [0.4, 0.5) is 4.79 Å². The average molecular weight is 421 g/mol. The predicted molar refractivity (Wildman–Crippen MR) is 120 cm³/mol. The topological polar surface area (TPSA) is 49.4 Å². The number of hydrogen-bond donors (Lipinski definition) is 1. The average Bonchev–Trinajstić information content (AvgIpc) is 2.69. The van der Waals surface area contributed by atoms with Crippen molar-refractivity contribution in [3.8, 4) is 0 Å². The van der Waals surface area contributed by atoms with Crippen molar-refractivity contribution in [2.45, 2.75) is 32.7 Å². The molecule has 4 rings (SSSR count). The van der Waals surface area contributed by atoms with Crippen LogP contribution in [-0.2, 0) is 4.79 Å². The first kappa shape index (κ1) is 20.4. The zero-order valence-electron chi connectivity index (χ0n) is 17.2. The number of Topliss-reactive ketones (excluding diaryl/α,β-unsaturated/α-hetero) is 1. The zero-order valence-corrected chi connectivity index (χ0v) is 17.9. The van der Waals surface area contributed by atoms with E-state index in [0.29, 0.717) is 30.0 Å². The third kappa shape index (κ3) is 4.19. The van der Waals surface area contributed by atoms with Gasteiger partial charge in [0.15, 0.2) is 5.78 Å². The molecule has 1 N–H and O–H groups in total. The number of halogens is 1. The molecular formula is C25H25ClN2O2. The van der Waals surface area contributed by atoms with Gasteiger partial charge in [0.2, 0.25) is 0 Å². The molecule has 1 aliphatic carbocycles. The minimum absolute atomic E-state index is 0.0956. The van der Waals surface area contributed by atoms with Crippen molar-refractivity contribution < 1.29 is 9.59 Å². The van der Waals surface area contributed by atoms with Gasteiger partial charge in [-0.1, -0.05) is 80.1 Å². The Kier molecular flexibility index (Phi) is 5.52. The molecule has 4 nitrogen and oxygen atoms in total. The standard InChI is InChI=1S/C25H25ClN2O2/c1-25(2)15-20-22(21(29)16-25)23(18-10-12-19(26)13-11-18)28(24(30)27-20)14-6-9-17-7-4-3-5-8-17/h3-13,23H,14-16H2,1-2H3,(H,27,30)/b9-6+. The highest BCUT2D eigenvalue weighted by molar-refractivity contribution is 6.30. The SMILES string of the molecule is CC1(C)CC(=O)C2=C(C1)NC(=O)N(C/C=C/c1ccccc1)C2c1ccc(Cl)cc1. The van der Waals surface area contributed by atoms with Crippen LogP contribution in [0.25, 0.3) is 6.08 Å². The van der Waals surface area contributed by atoms with E-state index in [4.69, 9.17) is 11.6 Å². The molecule has 0 fully saturated rings. The number of ketones is 1. The van der Waals surface area contributed by atoms with Gasteiger partial charge in [-0.25, -0.2) is 4.79 Å². The van der Waals surface area contributed by atoms with Crippen LogP contribution in [0.3, 0.4) is 0 Å². The maximum absolute atomic E-state index is 13.2. The molecule has 1 heterocycles. The minimum Gasteiger partial charge on any atom is -0.311 e.